The maximum Gasteiger partial charge on any atom is 0.0646 e. The van der Waals surface area contributed by atoms with Gasteiger partial charge in [0.1, 0.15) is 0 Å². The van der Waals surface area contributed by atoms with Crippen LogP contribution in [0.2, 0.25) is 0 Å². The monoisotopic (exact) mass is 271 g/mol. The molecule has 1 aromatic carbocycles. The summed E-state index contributed by atoms with van der Waals surface area (Å²) in [7, 11) is 1.99. The molecule has 0 aliphatic heterocycles. The van der Waals surface area contributed by atoms with Gasteiger partial charge in [-0.3, -0.25) is 4.68 Å². The van der Waals surface area contributed by atoms with Crippen LogP contribution in [0.5, 0.6) is 0 Å². The Kier molecular flexibility index (Phi) is 3.89. The van der Waals surface area contributed by atoms with Crippen molar-refractivity contribution in [1.82, 2.24) is 9.78 Å². The molecule has 0 radical (unpaired) electrons. The molecule has 0 spiro atoms. The van der Waals surface area contributed by atoms with Gasteiger partial charge in [0.25, 0.3) is 0 Å². The number of benzene rings is 1. The Morgan fingerprint density at radius 2 is 1.80 bits per heavy atom. The summed E-state index contributed by atoms with van der Waals surface area (Å²) in [6.07, 6.45) is 0. The third-order valence-electron chi connectivity index (χ3n) is 3.85. The zero-order valence-corrected chi connectivity index (χ0v) is 13.4. The molecule has 2 aromatic rings. The van der Waals surface area contributed by atoms with Crippen LogP contribution in [-0.4, -0.2) is 9.78 Å². The Balaban J connectivity index is 2.24. The Hall–Kier alpha value is -1.77. The molecule has 0 bridgehead atoms. The van der Waals surface area contributed by atoms with E-state index in [1.807, 2.05) is 11.7 Å². The molecule has 3 nitrogen and oxygen atoms in total. The molecule has 0 saturated carbocycles. The number of anilines is 1. The molecule has 20 heavy (non-hydrogen) atoms. The van der Waals surface area contributed by atoms with Crippen molar-refractivity contribution in [3.63, 3.8) is 0 Å². The average molecular weight is 271 g/mol. The molecule has 0 aliphatic rings. The van der Waals surface area contributed by atoms with Gasteiger partial charge in [-0.25, -0.2) is 0 Å². The van der Waals surface area contributed by atoms with E-state index >= 15 is 0 Å². The van der Waals surface area contributed by atoms with Gasteiger partial charge >= 0.3 is 0 Å². The van der Waals surface area contributed by atoms with Crippen LogP contribution in [0.25, 0.3) is 0 Å². The quantitative estimate of drug-likeness (QED) is 0.916. The van der Waals surface area contributed by atoms with Crippen LogP contribution in [0.15, 0.2) is 24.3 Å². The van der Waals surface area contributed by atoms with Crippen LogP contribution in [0, 0.1) is 13.8 Å². The second-order valence-corrected chi connectivity index (χ2v) is 6.42. The summed E-state index contributed by atoms with van der Waals surface area (Å²) in [6.45, 7) is 11.7. The Morgan fingerprint density at radius 1 is 1.15 bits per heavy atom. The average Bonchev–Trinajstić information content (AvgIpc) is 2.60. The Labute approximate surface area is 122 Å². The molecule has 1 heterocycles. The lowest BCUT2D eigenvalue weighted by molar-refractivity contribution is 0.591. The predicted molar refractivity (Wildman–Crippen MR) is 85.2 cm³/mol. The molecule has 0 fully saturated rings. The van der Waals surface area contributed by atoms with Crippen LogP contribution in [0.1, 0.15) is 43.3 Å². The molecular formula is C17H25N3. The Bertz CT molecular complexity index is 603. The number of rotatable bonds is 3. The van der Waals surface area contributed by atoms with Gasteiger partial charge in [0, 0.05) is 30.5 Å². The number of hydrogen-bond donors (Lipinski definition) is 1. The fourth-order valence-corrected chi connectivity index (χ4v) is 2.55. The molecule has 0 saturated heterocycles. The lowest BCUT2D eigenvalue weighted by atomic mass is 9.86. The van der Waals surface area contributed by atoms with E-state index in [0.29, 0.717) is 0 Å². The third-order valence-corrected chi connectivity index (χ3v) is 3.85. The van der Waals surface area contributed by atoms with Gasteiger partial charge in [0.2, 0.25) is 0 Å². The predicted octanol–water partition coefficient (Wildman–Crippen LogP) is 3.95. The minimum atomic E-state index is 0.141. The molecule has 1 N–H and O–H groups in total. The number of nitrogens with zero attached hydrogens (tertiary/aromatic N) is 2. The summed E-state index contributed by atoms with van der Waals surface area (Å²) in [6, 6.07) is 8.54. The first-order valence-electron chi connectivity index (χ1n) is 7.13. The first kappa shape index (κ1) is 14.6. The second kappa shape index (κ2) is 5.31. The minimum Gasteiger partial charge on any atom is -0.381 e. The summed E-state index contributed by atoms with van der Waals surface area (Å²) in [5.74, 6) is 0. The highest BCUT2D eigenvalue weighted by Crippen LogP contribution is 2.29. The highest BCUT2D eigenvalue weighted by molar-refractivity contribution is 5.54. The normalized spacial score (nSPS) is 11.7. The molecule has 1 aromatic heterocycles. The smallest absolute Gasteiger partial charge is 0.0646 e. The molecule has 3 heteroatoms. The lowest BCUT2D eigenvalue weighted by Gasteiger charge is -2.23. The number of nitrogens with one attached hydrogen (secondary N) is 1. The molecule has 0 atom stereocenters. The van der Waals surface area contributed by atoms with E-state index in [1.54, 1.807) is 0 Å². The topological polar surface area (TPSA) is 29.9 Å². The van der Waals surface area contributed by atoms with E-state index in [4.69, 9.17) is 0 Å². The molecule has 0 unspecified atom stereocenters. The first-order chi connectivity index (χ1) is 9.30. The molecule has 0 aliphatic carbocycles. The standard InChI is InChI=1S/C17H25N3/c1-12-14(13(2)20(6)19-12)11-18-16-10-8-7-9-15(16)17(3,4)5/h7-10,18H,11H2,1-6H3. The van der Waals surface area contributed by atoms with Crippen molar-refractivity contribution in [2.45, 2.75) is 46.6 Å². The highest BCUT2D eigenvalue weighted by Gasteiger charge is 2.17. The van der Waals surface area contributed by atoms with Crippen LogP contribution < -0.4 is 5.32 Å². The van der Waals surface area contributed by atoms with Gasteiger partial charge < -0.3 is 5.32 Å². The van der Waals surface area contributed by atoms with Crippen LogP contribution in [-0.2, 0) is 19.0 Å². The van der Waals surface area contributed by atoms with Gasteiger partial charge in [-0.2, -0.15) is 5.10 Å². The highest BCUT2D eigenvalue weighted by atomic mass is 15.3. The van der Waals surface area contributed by atoms with E-state index in [-0.39, 0.29) is 5.41 Å². The van der Waals surface area contributed by atoms with E-state index in [9.17, 15) is 0 Å². The van der Waals surface area contributed by atoms with Gasteiger partial charge in [-0.15, -0.1) is 0 Å². The summed E-state index contributed by atoms with van der Waals surface area (Å²) < 4.78 is 1.95. The number of hydrogen-bond acceptors (Lipinski definition) is 2. The fourth-order valence-electron chi connectivity index (χ4n) is 2.55. The Morgan fingerprint density at radius 3 is 2.35 bits per heavy atom. The summed E-state index contributed by atoms with van der Waals surface area (Å²) in [4.78, 5) is 0. The van der Waals surface area contributed by atoms with Crippen molar-refractivity contribution in [3.8, 4) is 0 Å². The maximum atomic E-state index is 4.47. The van der Waals surface area contributed by atoms with Crippen molar-refractivity contribution in [2.75, 3.05) is 5.32 Å². The van der Waals surface area contributed by atoms with Crippen molar-refractivity contribution in [3.05, 3.63) is 46.8 Å². The van der Waals surface area contributed by atoms with E-state index < -0.39 is 0 Å². The molecule has 108 valence electrons. The zero-order chi connectivity index (χ0) is 14.9. The summed E-state index contributed by atoms with van der Waals surface area (Å²) in [5.41, 5.74) is 6.31. The van der Waals surface area contributed by atoms with Crippen LogP contribution >= 0.6 is 0 Å². The zero-order valence-electron chi connectivity index (χ0n) is 13.4. The fraction of sp³-hybridized carbons (Fsp3) is 0.471. The van der Waals surface area contributed by atoms with Crippen molar-refractivity contribution < 1.29 is 0 Å². The minimum absolute atomic E-state index is 0.141. The number of aryl methyl sites for hydroxylation is 2. The summed E-state index contributed by atoms with van der Waals surface area (Å²) in [5, 5.41) is 8.05. The van der Waals surface area contributed by atoms with Crippen molar-refractivity contribution in [1.29, 1.82) is 0 Å². The summed E-state index contributed by atoms with van der Waals surface area (Å²) >= 11 is 0. The van der Waals surface area contributed by atoms with Crippen molar-refractivity contribution in [2.24, 2.45) is 7.05 Å². The number of para-hydroxylation sites is 1. The van der Waals surface area contributed by atoms with E-state index in [0.717, 1.165) is 12.2 Å². The van der Waals surface area contributed by atoms with Gasteiger partial charge in [-0.05, 0) is 30.9 Å². The molecule has 0 amide bonds. The second-order valence-electron chi connectivity index (χ2n) is 6.42. The van der Waals surface area contributed by atoms with Gasteiger partial charge in [0.15, 0.2) is 0 Å². The maximum absolute atomic E-state index is 4.47. The van der Waals surface area contributed by atoms with Gasteiger partial charge in [-0.1, -0.05) is 39.0 Å². The largest absolute Gasteiger partial charge is 0.381 e. The van der Waals surface area contributed by atoms with E-state index in [2.05, 4.69) is 69.3 Å². The lowest BCUT2D eigenvalue weighted by Crippen LogP contribution is -2.15. The van der Waals surface area contributed by atoms with Crippen LogP contribution in [0.3, 0.4) is 0 Å². The molecule has 2 rings (SSSR count). The van der Waals surface area contributed by atoms with Crippen LogP contribution in [0.4, 0.5) is 5.69 Å². The third kappa shape index (κ3) is 2.87. The first-order valence-corrected chi connectivity index (χ1v) is 7.13. The van der Waals surface area contributed by atoms with Crippen molar-refractivity contribution >= 4 is 5.69 Å². The van der Waals surface area contributed by atoms with Gasteiger partial charge in [0.05, 0.1) is 5.69 Å². The van der Waals surface area contributed by atoms with E-state index in [1.165, 1.54) is 22.5 Å². The number of aromatic nitrogens is 2. The SMILES string of the molecule is Cc1nn(C)c(C)c1CNc1ccccc1C(C)(C)C. The molecular weight excluding hydrogens is 246 g/mol.